The molecule has 0 saturated heterocycles. The van der Waals surface area contributed by atoms with Crippen LogP contribution in [-0.4, -0.2) is 38.9 Å². The molecule has 0 aliphatic heterocycles. The number of fused-ring (bicyclic) bond motifs is 1. The number of benzene rings is 1. The van der Waals surface area contributed by atoms with E-state index in [1.807, 2.05) is 12.1 Å². The highest BCUT2D eigenvalue weighted by molar-refractivity contribution is 6.58. The fourth-order valence-corrected chi connectivity index (χ4v) is 2.32. The van der Waals surface area contributed by atoms with Gasteiger partial charge in [0, 0.05) is 17.8 Å². The maximum Gasteiger partial charge on any atom is 0.212 e. The van der Waals surface area contributed by atoms with Gasteiger partial charge in [0.2, 0.25) is 5.88 Å². The SMILES string of the molecule is [B]C([B])([B])Oc1cc(-c2ccc3c(c2O)CC3)ccn1. The molecular formula is C14H10B3NO2. The van der Waals surface area contributed by atoms with Crippen molar-refractivity contribution in [3.8, 4) is 22.8 Å². The Balaban J connectivity index is 1.99. The van der Waals surface area contributed by atoms with Crippen LogP contribution < -0.4 is 4.74 Å². The number of pyridine rings is 1. The van der Waals surface area contributed by atoms with E-state index in [4.69, 9.17) is 28.3 Å². The van der Waals surface area contributed by atoms with Crippen molar-refractivity contribution in [1.82, 2.24) is 4.98 Å². The number of phenolic OH excluding ortho intramolecular Hbond substituents is 1. The van der Waals surface area contributed by atoms with E-state index < -0.39 is 5.30 Å². The molecule has 92 valence electrons. The Labute approximate surface area is 121 Å². The van der Waals surface area contributed by atoms with Crippen molar-refractivity contribution in [3.63, 3.8) is 0 Å². The highest BCUT2D eigenvalue weighted by Gasteiger charge is 2.20. The largest absolute Gasteiger partial charge is 0.507 e. The number of hydrogen-bond donors (Lipinski definition) is 1. The van der Waals surface area contributed by atoms with Gasteiger partial charge in [0.1, 0.15) is 29.3 Å². The summed E-state index contributed by atoms with van der Waals surface area (Å²) in [4.78, 5) is 3.99. The van der Waals surface area contributed by atoms with Crippen LogP contribution in [0.25, 0.3) is 11.1 Å². The van der Waals surface area contributed by atoms with E-state index in [-0.39, 0.29) is 5.88 Å². The summed E-state index contributed by atoms with van der Waals surface area (Å²) in [6.07, 6.45) is 3.47. The van der Waals surface area contributed by atoms with Crippen LogP contribution in [0.1, 0.15) is 11.1 Å². The van der Waals surface area contributed by atoms with Gasteiger partial charge in [0.05, 0.1) is 0 Å². The van der Waals surface area contributed by atoms with E-state index in [1.165, 1.54) is 5.56 Å². The topological polar surface area (TPSA) is 42.4 Å². The van der Waals surface area contributed by atoms with E-state index in [0.717, 1.165) is 29.5 Å². The molecule has 0 unspecified atom stereocenters. The van der Waals surface area contributed by atoms with Crippen molar-refractivity contribution < 1.29 is 9.84 Å². The van der Waals surface area contributed by atoms with E-state index in [2.05, 4.69) is 4.98 Å². The molecule has 6 radical (unpaired) electrons. The lowest BCUT2D eigenvalue weighted by molar-refractivity contribution is 0.306. The molecule has 3 rings (SSSR count). The molecule has 20 heavy (non-hydrogen) atoms. The Morgan fingerprint density at radius 1 is 1.15 bits per heavy atom. The van der Waals surface area contributed by atoms with Crippen LogP contribution in [0.2, 0.25) is 0 Å². The number of hydrogen-bond acceptors (Lipinski definition) is 3. The highest BCUT2D eigenvalue weighted by atomic mass is 16.5. The summed E-state index contributed by atoms with van der Waals surface area (Å²) in [5.74, 6) is 0.516. The molecule has 0 bridgehead atoms. The van der Waals surface area contributed by atoms with Gasteiger partial charge < -0.3 is 9.84 Å². The Kier molecular flexibility index (Phi) is 3.04. The number of nitrogens with zero attached hydrogens (tertiary/aromatic N) is 1. The van der Waals surface area contributed by atoms with Crippen molar-refractivity contribution in [1.29, 1.82) is 0 Å². The molecule has 1 aliphatic carbocycles. The first-order valence-electron chi connectivity index (χ1n) is 6.30. The van der Waals surface area contributed by atoms with Crippen molar-refractivity contribution in [2.24, 2.45) is 0 Å². The number of aromatic nitrogens is 1. The zero-order valence-electron chi connectivity index (χ0n) is 10.8. The number of rotatable bonds is 3. The highest BCUT2D eigenvalue weighted by Crippen LogP contribution is 2.39. The minimum atomic E-state index is -1.78. The van der Waals surface area contributed by atoms with Gasteiger partial charge in [0.15, 0.2) is 0 Å². The normalized spacial score (nSPS) is 13.4. The number of ether oxygens (including phenoxy) is 1. The molecule has 1 aromatic carbocycles. The van der Waals surface area contributed by atoms with Crippen molar-refractivity contribution in [2.45, 2.75) is 18.1 Å². The predicted molar refractivity (Wildman–Crippen MR) is 79.4 cm³/mol. The third kappa shape index (κ3) is 2.42. The van der Waals surface area contributed by atoms with Crippen molar-refractivity contribution in [2.75, 3.05) is 0 Å². The molecule has 1 aromatic heterocycles. The van der Waals surface area contributed by atoms with Crippen LogP contribution in [0.3, 0.4) is 0 Å². The molecule has 1 N–H and O–H groups in total. The fourth-order valence-electron chi connectivity index (χ4n) is 2.32. The lowest BCUT2D eigenvalue weighted by Gasteiger charge is -2.23. The maximum atomic E-state index is 10.3. The minimum absolute atomic E-state index is 0.206. The molecule has 0 amide bonds. The molecule has 0 spiro atoms. The Hall–Kier alpha value is -1.84. The van der Waals surface area contributed by atoms with Crippen molar-refractivity contribution >= 4 is 23.5 Å². The summed E-state index contributed by atoms with van der Waals surface area (Å²) < 4.78 is 5.11. The third-order valence-electron chi connectivity index (χ3n) is 3.35. The number of aromatic hydroxyl groups is 1. The molecule has 0 fully saturated rings. The molecular weight excluding hydrogens is 247 g/mol. The van der Waals surface area contributed by atoms with E-state index >= 15 is 0 Å². The molecule has 3 nitrogen and oxygen atoms in total. The Bertz CT molecular complexity index is 668. The van der Waals surface area contributed by atoms with Crippen LogP contribution in [0, 0.1) is 0 Å². The van der Waals surface area contributed by atoms with Gasteiger partial charge in [-0.25, -0.2) is 4.98 Å². The number of phenols is 1. The second-order valence-corrected chi connectivity index (χ2v) is 4.94. The molecule has 6 heteroatoms. The summed E-state index contributed by atoms with van der Waals surface area (Å²) >= 11 is 0. The van der Waals surface area contributed by atoms with Crippen LogP contribution in [0.15, 0.2) is 30.5 Å². The first kappa shape index (κ1) is 13.2. The maximum absolute atomic E-state index is 10.3. The standard InChI is InChI=1S/C14H10B3NO2/c15-14(16,17)20-12-7-9(5-6-18-12)11-4-2-8-1-3-10(8)13(11)19/h2,4-7,19H,1,3H2. The monoisotopic (exact) mass is 257 g/mol. The number of aryl methyl sites for hydroxylation is 1. The van der Waals surface area contributed by atoms with Gasteiger partial charge in [-0.15, -0.1) is 0 Å². The van der Waals surface area contributed by atoms with Gasteiger partial charge in [-0.3, -0.25) is 0 Å². The first-order valence-corrected chi connectivity index (χ1v) is 6.30. The average molecular weight is 257 g/mol. The van der Waals surface area contributed by atoms with Crippen LogP contribution in [-0.2, 0) is 12.8 Å². The van der Waals surface area contributed by atoms with Gasteiger partial charge in [0.25, 0.3) is 0 Å². The van der Waals surface area contributed by atoms with Crippen LogP contribution in [0.5, 0.6) is 11.6 Å². The predicted octanol–water partition coefficient (Wildman–Crippen LogP) is 1.05. The molecule has 2 aromatic rings. The molecule has 0 atom stereocenters. The molecule has 0 saturated carbocycles. The van der Waals surface area contributed by atoms with Crippen LogP contribution >= 0.6 is 0 Å². The third-order valence-corrected chi connectivity index (χ3v) is 3.35. The van der Waals surface area contributed by atoms with Gasteiger partial charge in [-0.2, -0.15) is 0 Å². The van der Waals surface area contributed by atoms with Gasteiger partial charge >= 0.3 is 0 Å². The zero-order chi connectivity index (χ0) is 14.3. The van der Waals surface area contributed by atoms with Gasteiger partial charge in [-0.1, -0.05) is 12.1 Å². The van der Waals surface area contributed by atoms with E-state index in [9.17, 15) is 5.11 Å². The lowest BCUT2D eigenvalue weighted by atomic mass is 9.52. The summed E-state index contributed by atoms with van der Waals surface area (Å²) in [5.41, 5.74) is 3.70. The fraction of sp³-hybridized carbons (Fsp3) is 0.214. The first-order chi connectivity index (χ1) is 9.44. The smallest absolute Gasteiger partial charge is 0.212 e. The van der Waals surface area contributed by atoms with E-state index in [0.29, 0.717) is 5.75 Å². The summed E-state index contributed by atoms with van der Waals surface area (Å²) in [6, 6.07) is 7.32. The molecule has 1 aliphatic rings. The zero-order valence-corrected chi connectivity index (χ0v) is 10.8. The second-order valence-electron chi connectivity index (χ2n) is 4.94. The van der Waals surface area contributed by atoms with E-state index in [1.54, 1.807) is 18.3 Å². The summed E-state index contributed by atoms with van der Waals surface area (Å²) in [6.45, 7) is 0. The quantitative estimate of drug-likeness (QED) is 0.835. The van der Waals surface area contributed by atoms with Crippen LogP contribution in [0.4, 0.5) is 0 Å². The summed E-state index contributed by atoms with van der Waals surface area (Å²) in [5, 5.41) is 8.49. The Morgan fingerprint density at radius 2 is 1.95 bits per heavy atom. The summed E-state index contributed by atoms with van der Waals surface area (Å²) in [7, 11) is 16.1. The average Bonchev–Trinajstić information content (AvgIpc) is 2.29. The lowest BCUT2D eigenvalue weighted by Crippen LogP contribution is -2.37. The second kappa shape index (κ2) is 4.62. The minimum Gasteiger partial charge on any atom is -0.507 e. The Morgan fingerprint density at radius 3 is 2.60 bits per heavy atom. The van der Waals surface area contributed by atoms with Crippen molar-refractivity contribution in [3.05, 3.63) is 41.6 Å². The molecule has 1 heterocycles. The van der Waals surface area contributed by atoms with Gasteiger partial charge in [-0.05, 0) is 40.9 Å².